The van der Waals surface area contributed by atoms with Crippen molar-refractivity contribution in [2.45, 2.75) is 80.9 Å². The van der Waals surface area contributed by atoms with Crippen LogP contribution in [0.25, 0.3) is 0 Å². The number of nitrogens with zero attached hydrogens (tertiary/aromatic N) is 1. The van der Waals surface area contributed by atoms with Crippen LogP contribution in [0.2, 0.25) is 0 Å². The van der Waals surface area contributed by atoms with Crippen LogP contribution in [-0.4, -0.2) is 6.54 Å². The van der Waals surface area contributed by atoms with Gasteiger partial charge in [-0.2, -0.15) is 0 Å². The van der Waals surface area contributed by atoms with Gasteiger partial charge in [0.2, 0.25) is 0 Å². The Balaban J connectivity index is 1.51. The lowest BCUT2D eigenvalue weighted by Gasteiger charge is -2.33. The van der Waals surface area contributed by atoms with Crippen molar-refractivity contribution in [3.05, 3.63) is 48.0 Å². The topological polar surface area (TPSA) is 3.24 Å². The standard InChI is InChI=1S/C26H33NS/c1-3-5-6-7-8-9-10-11-12-15-20-27-23-16-13-14-17-25(23)28-26-21-22(4-2)18-19-24(26)27/h2,13-14,16-19,21H,3,5-12,15,20H2,1H3. The molecule has 0 N–H and O–H groups in total. The second kappa shape index (κ2) is 11.2. The van der Waals surface area contributed by atoms with Crippen molar-refractivity contribution < 1.29 is 0 Å². The first-order valence-corrected chi connectivity index (χ1v) is 11.8. The average Bonchev–Trinajstić information content (AvgIpc) is 2.73. The number of fused-ring (bicyclic) bond motifs is 2. The number of terminal acetylenes is 1. The zero-order valence-corrected chi connectivity index (χ0v) is 18.1. The van der Waals surface area contributed by atoms with Crippen LogP contribution >= 0.6 is 11.8 Å². The molecule has 0 unspecified atom stereocenters. The van der Waals surface area contributed by atoms with Crippen molar-refractivity contribution in [2.75, 3.05) is 11.4 Å². The minimum atomic E-state index is 0.963. The highest BCUT2D eigenvalue weighted by molar-refractivity contribution is 7.99. The van der Waals surface area contributed by atoms with Crippen LogP contribution in [0.15, 0.2) is 52.3 Å². The summed E-state index contributed by atoms with van der Waals surface area (Å²) in [7, 11) is 0. The largest absolute Gasteiger partial charge is 0.340 e. The van der Waals surface area contributed by atoms with E-state index in [4.69, 9.17) is 6.42 Å². The maximum absolute atomic E-state index is 5.61. The average molecular weight is 392 g/mol. The summed E-state index contributed by atoms with van der Waals surface area (Å²) in [5.74, 6) is 2.77. The van der Waals surface area contributed by atoms with Gasteiger partial charge in [-0.25, -0.2) is 0 Å². The van der Waals surface area contributed by atoms with E-state index in [1.54, 1.807) is 0 Å². The number of hydrogen-bond acceptors (Lipinski definition) is 2. The van der Waals surface area contributed by atoms with E-state index in [9.17, 15) is 0 Å². The van der Waals surface area contributed by atoms with Gasteiger partial charge in [0.25, 0.3) is 0 Å². The zero-order valence-electron chi connectivity index (χ0n) is 17.3. The van der Waals surface area contributed by atoms with E-state index in [0.29, 0.717) is 0 Å². The lowest BCUT2D eigenvalue weighted by Crippen LogP contribution is -2.22. The third-order valence-corrected chi connectivity index (χ3v) is 6.64. The van der Waals surface area contributed by atoms with Crippen molar-refractivity contribution in [2.24, 2.45) is 0 Å². The molecule has 0 spiro atoms. The fraction of sp³-hybridized carbons (Fsp3) is 0.462. The molecular weight excluding hydrogens is 358 g/mol. The smallest absolute Gasteiger partial charge is 0.0553 e. The summed E-state index contributed by atoms with van der Waals surface area (Å²) in [6.07, 6.45) is 19.3. The van der Waals surface area contributed by atoms with E-state index in [0.717, 1.165) is 12.1 Å². The summed E-state index contributed by atoms with van der Waals surface area (Å²) < 4.78 is 0. The highest BCUT2D eigenvalue weighted by atomic mass is 32.2. The SMILES string of the molecule is C#Cc1ccc2c(c1)Sc1ccccc1N2CCCCCCCCCCCC. The molecule has 28 heavy (non-hydrogen) atoms. The Kier molecular flexibility index (Phi) is 8.37. The second-order valence-electron chi connectivity index (χ2n) is 7.73. The molecule has 2 heteroatoms. The number of hydrogen-bond donors (Lipinski definition) is 0. The van der Waals surface area contributed by atoms with Gasteiger partial charge in [0.1, 0.15) is 0 Å². The Morgan fingerprint density at radius 3 is 2.14 bits per heavy atom. The third kappa shape index (κ3) is 5.58. The van der Waals surface area contributed by atoms with Gasteiger partial charge in [0.05, 0.1) is 11.4 Å². The molecule has 0 aliphatic carbocycles. The summed E-state index contributed by atoms with van der Waals surface area (Å²) in [5, 5.41) is 0. The zero-order chi connectivity index (χ0) is 19.6. The highest BCUT2D eigenvalue weighted by Crippen LogP contribution is 2.48. The van der Waals surface area contributed by atoms with E-state index in [1.165, 1.54) is 85.4 Å². The fourth-order valence-electron chi connectivity index (χ4n) is 3.92. The predicted molar refractivity (Wildman–Crippen MR) is 124 cm³/mol. The van der Waals surface area contributed by atoms with E-state index in [-0.39, 0.29) is 0 Å². The molecule has 1 nitrogen and oxygen atoms in total. The highest BCUT2D eigenvalue weighted by Gasteiger charge is 2.22. The second-order valence-corrected chi connectivity index (χ2v) is 8.81. The molecule has 0 atom stereocenters. The van der Waals surface area contributed by atoms with Crippen molar-refractivity contribution in [1.82, 2.24) is 0 Å². The minimum absolute atomic E-state index is 0.963. The third-order valence-electron chi connectivity index (χ3n) is 5.53. The number of anilines is 2. The Morgan fingerprint density at radius 2 is 1.43 bits per heavy atom. The maximum atomic E-state index is 5.61. The fourth-order valence-corrected chi connectivity index (χ4v) is 5.06. The molecule has 0 aromatic heterocycles. The molecule has 1 aliphatic heterocycles. The molecule has 1 aliphatic rings. The van der Waals surface area contributed by atoms with Gasteiger partial charge < -0.3 is 4.90 Å². The van der Waals surface area contributed by atoms with Gasteiger partial charge in [0, 0.05) is 21.9 Å². The minimum Gasteiger partial charge on any atom is -0.340 e. The van der Waals surface area contributed by atoms with E-state index in [2.05, 4.69) is 60.2 Å². The van der Waals surface area contributed by atoms with Crippen molar-refractivity contribution in [1.29, 1.82) is 0 Å². The van der Waals surface area contributed by atoms with Crippen molar-refractivity contribution >= 4 is 23.1 Å². The van der Waals surface area contributed by atoms with Crippen LogP contribution in [0.4, 0.5) is 11.4 Å². The summed E-state index contributed by atoms with van der Waals surface area (Å²) in [6, 6.07) is 15.2. The first kappa shape index (κ1) is 20.9. The van der Waals surface area contributed by atoms with Crippen LogP contribution in [0, 0.1) is 12.3 Å². The molecule has 0 bridgehead atoms. The van der Waals surface area contributed by atoms with E-state index >= 15 is 0 Å². The monoisotopic (exact) mass is 391 g/mol. The summed E-state index contributed by atoms with van der Waals surface area (Å²) in [4.78, 5) is 5.10. The number of rotatable bonds is 11. The molecule has 0 radical (unpaired) electrons. The van der Waals surface area contributed by atoms with Crippen LogP contribution in [0.3, 0.4) is 0 Å². The summed E-state index contributed by atoms with van der Waals surface area (Å²) in [5.41, 5.74) is 3.60. The molecule has 0 saturated heterocycles. The lowest BCUT2D eigenvalue weighted by molar-refractivity contribution is 0.557. The van der Waals surface area contributed by atoms with Gasteiger partial charge >= 0.3 is 0 Å². The maximum Gasteiger partial charge on any atom is 0.0553 e. The Bertz CT molecular complexity index is 789. The van der Waals surface area contributed by atoms with Gasteiger partial charge in [-0.3, -0.25) is 0 Å². The summed E-state index contributed by atoms with van der Waals surface area (Å²) in [6.45, 7) is 3.36. The number of benzene rings is 2. The summed E-state index contributed by atoms with van der Waals surface area (Å²) >= 11 is 1.84. The van der Waals surface area contributed by atoms with Gasteiger partial charge in [0.15, 0.2) is 0 Å². The number of para-hydroxylation sites is 1. The van der Waals surface area contributed by atoms with Gasteiger partial charge in [-0.1, -0.05) is 94.5 Å². The predicted octanol–water partition coefficient (Wildman–Crippen LogP) is 8.19. The Labute approximate surface area is 175 Å². The van der Waals surface area contributed by atoms with Gasteiger partial charge in [-0.15, -0.1) is 6.42 Å². The normalized spacial score (nSPS) is 12.4. The van der Waals surface area contributed by atoms with Crippen LogP contribution in [0.1, 0.15) is 76.7 Å². The first-order chi connectivity index (χ1) is 13.8. The molecule has 0 amide bonds. The molecule has 0 saturated carbocycles. The van der Waals surface area contributed by atoms with Crippen LogP contribution in [0.5, 0.6) is 0 Å². The molecule has 2 aromatic carbocycles. The van der Waals surface area contributed by atoms with Crippen molar-refractivity contribution in [3.8, 4) is 12.3 Å². The van der Waals surface area contributed by atoms with Gasteiger partial charge in [-0.05, 0) is 36.8 Å². The Morgan fingerprint density at radius 1 is 0.786 bits per heavy atom. The van der Waals surface area contributed by atoms with Crippen LogP contribution < -0.4 is 4.90 Å². The Hall–Kier alpha value is -1.85. The van der Waals surface area contributed by atoms with Crippen molar-refractivity contribution in [3.63, 3.8) is 0 Å². The molecule has 148 valence electrons. The van der Waals surface area contributed by atoms with Crippen LogP contribution in [-0.2, 0) is 0 Å². The lowest BCUT2D eigenvalue weighted by atomic mass is 10.1. The molecule has 2 aromatic rings. The first-order valence-electron chi connectivity index (χ1n) is 11.0. The van der Waals surface area contributed by atoms with E-state index in [1.807, 2.05) is 11.8 Å². The molecule has 1 heterocycles. The number of unbranched alkanes of at least 4 members (excludes halogenated alkanes) is 9. The quantitative estimate of drug-likeness (QED) is 0.280. The molecule has 3 rings (SSSR count). The van der Waals surface area contributed by atoms with E-state index < -0.39 is 0 Å². The molecular formula is C26H33NS. The molecule has 0 fully saturated rings.